The number of hydrogen-bond donors (Lipinski definition) is 3. The zero-order valence-corrected chi connectivity index (χ0v) is 17.4. The molecule has 154 valence electrons. The molecule has 6 nitrogen and oxygen atoms in total. The topological polar surface area (TPSA) is 87.3 Å². The van der Waals surface area contributed by atoms with Crippen LogP contribution in [0.1, 0.15) is 76.6 Å². The molecule has 0 radical (unpaired) electrons. The summed E-state index contributed by atoms with van der Waals surface area (Å²) in [6.07, 6.45) is 5.05. The van der Waals surface area contributed by atoms with Crippen LogP contribution in [-0.2, 0) is 9.59 Å². The quantitative estimate of drug-likeness (QED) is 0.620. The van der Waals surface area contributed by atoms with Crippen molar-refractivity contribution < 1.29 is 14.4 Å². The number of anilines is 2. The lowest BCUT2D eigenvalue weighted by Crippen LogP contribution is -2.32. The van der Waals surface area contributed by atoms with E-state index >= 15 is 0 Å². The molecule has 1 saturated carbocycles. The van der Waals surface area contributed by atoms with Gasteiger partial charge >= 0.3 is 0 Å². The predicted molar refractivity (Wildman–Crippen MR) is 112 cm³/mol. The molecule has 0 bridgehead atoms. The molecule has 0 spiro atoms. The fourth-order valence-electron chi connectivity index (χ4n) is 3.41. The van der Waals surface area contributed by atoms with E-state index in [1.54, 1.807) is 18.2 Å². The van der Waals surface area contributed by atoms with Crippen molar-refractivity contribution in [3.63, 3.8) is 0 Å². The molecule has 0 aliphatic heterocycles. The van der Waals surface area contributed by atoms with E-state index in [0.29, 0.717) is 29.8 Å². The van der Waals surface area contributed by atoms with E-state index in [4.69, 9.17) is 0 Å². The van der Waals surface area contributed by atoms with E-state index in [1.165, 1.54) is 0 Å². The van der Waals surface area contributed by atoms with Crippen LogP contribution in [0.4, 0.5) is 11.4 Å². The van der Waals surface area contributed by atoms with Gasteiger partial charge in [-0.05, 0) is 42.9 Å². The molecule has 1 fully saturated rings. The highest BCUT2D eigenvalue weighted by Gasteiger charge is 2.19. The first-order chi connectivity index (χ1) is 13.2. The summed E-state index contributed by atoms with van der Waals surface area (Å²) in [6, 6.07) is 5.23. The van der Waals surface area contributed by atoms with Crippen molar-refractivity contribution in [1.29, 1.82) is 0 Å². The SMILES string of the molecule is CC(C)CC(=O)Nc1cc(NC(=O)CC(C)C)cc(C(=O)NC2CCCC2)c1. The first kappa shape index (κ1) is 21.9. The van der Waals surface area contributed by atoms with Crippen molar-refractivity contribution in [1.82, 2.24) is 5.32 Å². The third kappa shape index (κ3) is 7.33. The van der Waals surface area contributed by atoms with Crippen LogP contribution in [0, 0.1) is 11.8 Å². The average Bonchev–Trinajstić information content (AvgIpc) is 3.05. The van der Waals surface area contributed by atoms with E-state index in [-0.39, 0.29) is 35.6 Å². The van der Waals surface area contributed by atoms with Crippen molar-refractivity contribution in [3.05, 3.63) is 23.8 Å². The van der Waals surface area contributed by atoms with Gasteiger partial charge in [-0.1, -0.05) is 40.5 Å². The molecule has 0 atom stereocenters. The molecule has 1 aliphatic rings. The van der Waals surface area contributed by atoms with Crippen LogP contribution in [0.15, 0.2) is 18.2 Å². The monoisotopic (exact) mass is 387 g/mol. The second kappa shape index (κ2) is 10.2. The Labute approximate surface area is 167 Å². The fourth-order valence-corrected chi connectivity index (χ4v) is 3.41. The van der Waals surface area contributed by atoms with E-state index in [9.17, 15) is 14.4 Å². The molecule has 0 heterocycles. The minimum atomic E-state index is -0.175. The van der Waals surface area contributed by atoms with Crippen LogP contribution in [0.5, 0.6) is 0 Å². The predicted octanol–water partition coefficient (Wildman–Crippen LogP) is 4.33. The summed E-state index contributed by atoms with van der Waals surface area (Å²) >= 11 is 0. The number of carbonyl (C=O) groups excluding carboxylic acids is 3. The maximum Gasteiger partial charge on any atom is 0.251 e. The minimum absolute atomic E-state index is 0.109. The van der Waals surface area contributed by atoms with E-state index in [1.807, 2.05) is 27.7 Å². The van der Waals surface area contributed by atoms with Gasteiger partial charge in [-0.15, -0.1) is 0 Å². The molecule has 28 heavy (non-hydrogen) atoms. The fraction of sp³-hybridized carbons (Fsp3) is 0.591. The van der Waals surface area contributed by atoms with Gasteiger partial charge in [0.25, 0.3) is 5.91 Å². The van der Waals surface area contributed by atoms with Crippen LogP contribution >= 0.6 is 0 Å². The van der Waals surface area contributed by atoms with Crippen molar-refractivity contribution in [3.8, 4) is 0 Å². The van der Waals surface area contributed by atoms with Gasteiger partial charge in [0.05, 0.1) is 0 Å². The summed E-state index contributed by atoms with van der Waals surface area (Å²) in [7, 11) is 0. The summed E-state index contributed by atoms with van der Waals surface area (Å²) in [5.74, 6) is 0.0787. The summed E-state index contributed by atoms with van der Waals surface area (Å²) in [4.78, 5) is 37.0. The Balaban J connectivity index is 2.19. The third-order valence-electron chi connectivity index (χ3n) is 4.64. The Bertz CT molecular complexity index is 665. The van der Waals surface area contributed by atoms with Gasteiger partial charge < -0.3 is 16.0 Å². The number of benzene rings is 1. The van der Waals surface area contributed by atoms with Crippen LogP contribution in [0.25, 0.3) is 0 Å². The van der Waals surface area contributed by atoms with Crippen molar-refractivity contribution in [2.24, 2.45) is 11.8 Å². The van der Waals surface area contributed by atoms with Crippen molar-refractivity contribution >= 4 is 29.1 Å². The Kier molecular flexibility index (Phi) is 8.03. The van der Waals surface area contributed by atoms with Crippen molar-refractivity contribution in [2.75, 3.05) is 10.6 Å². The molecule has 0 unspecified atom stereocenters. The third-order valence-corrected chi connectivity index (χ3v) is 4.64. The molecule has 1 aromatic carbocycles. The van der Waals surface area contributed by atoms with Gasteiger partial charge in [-0.2, -0.15) is 0 Å². The second-order valence-corrected chi connectivity index (χ2v) is 8.55. The zero-order valence-electron chi connectivity index (χ0n) is 17.4. The first-order valence-electron chi connectivity index (χ1n) is 10.3. The van der Waals surface area contributed by atoms with Crippen molar-refractivity contribution in [2.45, 2.75) is 72.3 Å². The maximum atomic E-state index is 12.7. The van der Waals surface area contributed by atoms with E-state index in [0.717, 1.165) is 25.7 Å². The molecule has 6 heteroatoms. The number of nitrogens with one attached hydrogen (secondary N) is 3. The molecule has 0 aromatic heterocycles. The number of rotatable bonds is 8. The smallest absolute Gasteiger partial charge is 0.251 e. The number of amides is 3. The number of hydrogen-bond acceptors (Lipinski definition) is 3. The number of carbonyl (C=O) groups is 3. The van der Waals surface area contributed by atoms with Gasteiger partial charge in [-0.3, -0.25) is 14.4 Å². The van der Waals surface area contributed by atoms with Gasteiger partial charge in [0.1, 0.15) is 0 Å². The molecule has 3 N–H and O–H groups in total. The summed E-state index contributed by atoms with van der Waals surface area (Å²) in [6.45, 7) is 7.90. The summed E-state index contributed by atoms with van der Waals surface area (Å²) in [5, 5.41) is 8.75. The Hall–Kier alpha value is -2.37. The second-order valence-electron chi connectivity index (χ2n) is 8.55. The van der Waals surface area contributed by atoms with Crippen LogP contribution in [-0.4, -0.2) is 23.8 Å². The van der Waals surface area contributed by atoms with Crippen LogP contribution in [0.3, 0.4) is 0 Å². The highest BCUT2D eigenvalue weighted by molar-refractivity contribution is 6.00. The van der Waals surface area contributed by atoms with Gasteiger partial charge in [0, 0.05) is 35.8 Å². The van der Waals surface area contributed by atoms with Crippen LogP contribution in [0.2, 0.25) is 0 Å². The lowest BCUT2D eigenvalue weighted by atomic mass is 10.1. The first-order valence-corrected chi connectivity index (χ1v) is 10.3. The highest BCUT2D eigenvalue weighted by Crippen LogP contribution is 2.22. The molecular formula is C22H33N3O3. The summed E-state index contributed by atoms with van der Waals surface area (Å²) < 4.78 is 0. The molecule has 3 amide bonds. The van der Waals surface area contributed by atoms with Gasteiger partial charge in [-0.25, -0.2) is 0 Å². The molecule has 0 saturated heterocycles. The average molecular weight is 388 g/mol. The lowest BCUT2D eigenvalue weighted by Gasteiger charge is -2.15. The Morgan fingerprint density at radius 2 is 1.32 bits per heavy atom. The van der Waals surface area contributed by atoms with Gasteiger partial charge in [0.15, 0.2) is 0 Å². The lowest BCUT2D eigenvalue weighted by molar-refractivity contribution is -0.117. The normalized spacial score (nSPS) is 14.4. The largest absolute Gasteiger partial charge is 0.349 e. The standard InChI is InChI=1S/C22H33N3O3/c1-14(2)9-20(26)23-18-11-16(22(28)25-17-7-5-6-8-17)12-19(13-18)24-21(27)10-15(3)4/h11-15,17H,5-10H2,1-4H3,(H,23,26)(H,24,27)(H,25,28). The zero-order chi connectivity index (χ0) is 20.7. The van der Waals surface area contributed by atoms with Crippen LogP contribution < -0.4 is 16.0 Å². The molecule has 1 aliphatic carbocycles. The van der Waals surface area contributed by atoms with Gasteiger partial charge in [0.2, 0.25) is 11.8 Å². The Morgan fingerprint density at radius 1 is 0.857 bits per heavy atom. The highest BCUT2D eigenvalue weighted by atomic mass is 16.2. The molecular weight excluding hydrogens is 354 g/mol. The van der Waals surface area contributed by atoms with E-state index < -0.39 is 0 Å². The molecule has 2 rings (SSSR count). The Morgan fingerprint density at radius 3 is 1.75 bits per heavy atom. The maximum absolute atomic E-state index is 12.7. The minimum Gasteiger partial charge on any atom is -0.349 e. The summed E-state index contributed by atoms with van der Waals surface area (Å²) in [5.41, 5.74) is 1.48. The molecule has 1 aromatic rings. The van der Waals surface area contributed by atoms with E-state index in [2.05, 4.69) is 16.0 Å².